The van der Waals surface area contributed by atoms with E-state index in [0.717, 1.165) is 33.9 Å². The predicted molar refractivity (Wildman–Crippen MR) is 108 cm³/mol. The summed E-state index contributed by atoms with van der Waals surface area (Å²) in [4.78, 5) is 18.8. The van der Waals surface area contributed by atoms with Gasteiger partial charge in [-0.1, -0.05) is 11.3 Å². The lowest BCUT2D eigenvalue weighted by atomic mass is 10.1. The molecule has 0 radical (unpaired) electrons. The Morgan fingerprint density at radius 2 is 2.21 bits per heavy atom. The first-order chi connectivity index (χ1) is 13.3. The average molecular weight is 407 g/mol. The van der Waals surface area contributed by atoms with Crippen molar-refractivity contribution >= 4 is 32.8 Å². The maximum atomic E-state index is 12.4. The van der Waals surface area contributed by atoms with Gasteiger partial charge in [0.25, 0.3) is 0 Å². The summed E-state index contributed by atoms with van der Waals surface area (Å²) in [6.07, 6.45) is 1.40. The van der Waals surface area contributed by atoms with Crippen molar-refractivity contribution in [1.82, 2.24) is 9.88 Å². The number of aromatic nitrogens is 1. The van der Waals surface area contributed by atoms with E-state index in [9.17, 15) is 4.79 Å². The molecule has 1 aromatic carbocycles. The van der Waals surface area contributed by atoms with Gasteiger partial charge in [0.15, 0.2) is 16.6 Å². The third kappa shape index (κ3) is 3.95. The maximum absolute atomic E-state index is 12.4. The topological polar surface area (TPSA) is 98.9 Å². The molecule has 1 amide bonds. The minimum absolute atomic E-state index is 0.0261. The fourth-order valence-corrected chi connectivity index (χ4v) is 4.36. The van der Waals surface area contributed by atoms with Crippen molar-refractivity contribution in [3.05, 3.63) is 12.1 Å². The second-order valence-electron chi connectivity index (χ2n) is 8.15. The summed E-state index contributed by atoms with van der Waals surface area (Å²) in [5.74, 6) is 1.42. The Kier molecular flexibility index (Phi) is 4.96. The van der Waals surface area contributed by atoms with Gasteiger partial charge in [-0.3, -0.25) is 0 Å². The summed E-state index contributed by atoms with van der Waals surface area (Å²) >= 11 is 1.56. The van der Waals surface area contributed by atoms with E-state index in [-0.39, 0.29) is 25.0 Å². The molecule has 2 aromatic rings. The maximum Gasteiger partial charge on any atom is 0.410 e. The molecular formula is C19H26N4O4S. The van der Waals surface area contributed by atoms with Crippen LogP contribution in [0.3, 0.4) is 0 Å². The van der Waals surface area contributed by atoms with Crippen molar-refractivity contribution in [2.75, 3.05) is 25.2 Å². The van der Waals surface area contributed by atoms with E-state index in [1.165, 1.54) is 0 Å². The number of hydrogen-bond donors (Lipinski definition) is 2. The Morgan fingerprint density at radius 1 is 1.39 bits per heavy atom. The van der Waals surface area contributed by atoms with Gasteiger partial charge in [0.05, 0.1) is 4.70 Å². The van der Waals surface area contributed by atoms with Crippen LogP contribution in [0.1, 0.15) is 33.6 Å². The Bertz CT molecular complexity index is 879. The van der Waals surface area contributed by atoms with Crippen molar-refractivity contribution < 1.29 is 19.0 Å². The van der Waals surface area contributed by atoms with Gasteiger partial charge in [-0.2, -0.15) is 0 Å². The summed E-state index contributed by atoms with van der Waals surface area (Å²) in [5.41, 5.74) is 6.71. The number of nitrogens with zero attached hydrogens (tertiary/aromatic N) is 2. The summed E-state index contributed by atoms with van der Waals surface area (Å²) in [6.45, 7) is 6.91. The van der Waals surface area contributed by atoms with Crippen molar-refractivity contribution in [2.24, 2.45) is 5.73 Å². The van der Waals surface area contributed by atoms with Crippen LogP contribution < -0.4 is 20.5 Å². The second-order valence-corrected chi connectivity index (χ2v) is 9.18. The first-order valence-corrected chi connectivity index (χ1v) is 10.3. The third-order valence-corrected chi connectivity index (χ3v) is 5.70. The van der Waals surface area contributed by atoms with Crippen molar-refractivity contribution in [3.63, 3.8) is 0 Å². The van der Waals surface area contributed by atoms with Gasteiger partial charge >= 0.3 is 6.09 Å². The van der Waals surface area contributed by atoms with Crippen LogP contribution in [-0.2, 0) is 4.74 Å². The van der Waals surface area contributed by atoms with Gasteiger partial charge in [0.2, 0.25) is 6.79 Å². The van der Waals surface area contributed by atoms with Crippen molar-refractivity contribution in [2.45, 2.75) is 51.3 Å². The summed E-state index contributed by atoms with van der Waals surface area (Å²) in [5, 5.41) is 4.26. The molecule has 0 aliphatic carbocycles. The van der Waals surface area contributed by atoms with E-state index >= 15 is 0 Å². The first-order valence-electron chi connectivity index (χ1n) is 9.49. The van der Waals surface area contributed by atoms with Gasteiger partial charge in [-0.15, -0.1) is 0 Å². The molecule has 1 aromatic heterocycles. The van der Waals surface area contributed by atoms with E-state index < -0.39 is 5.60 Å². The van der Waals surface area contributed by atoms with E-state index in [4.69, 9.17) is 19.9 Å². The molecule has 3 heterocycles. The molecule has 152 valence electrons. The quantitative estimate of drug-likeness (QED) is 0.790. The van der Waals surface area contributed by atoms with E-state index in [0.29, 0.717) is 18.8 Å². The number of carbonyl (C=O) groups excluding carboxylic acids is 1. The smallest absolute Gasteiger partial charge is 0.410 e. The van der Waals surface area contributed by atoms with Crippen LogP contribution in [0.2, 0.25) is 0 Å². The van der Waals surface area contributed by atoms with Gasteiger partial charge < -0.3 is 30.2 Å². The molecule has 0 unspecified atom stereocenters. The van der Waals surface area contributed by atoms with Crippen LogP contribution in [0.25, 0.3) is 10.2 Å². The highest BCUT2D eigenvalue weighted by Gasteiger charge is 2.30. The van der Waals surface area contributed by atoms with Crippen LogP contribution >= 0.6 is 11.3 Å². The van der Waals surface area contributed by atoms with Gasteiger partial charge in [-0.25, -0.2) is 9.78 Å². The Labute approximate surface area is 167 Å². The Balaban J connectivity index is 1.45. The molecule has 2 atom stereocenters. The Morgan fingerprint density at radius 3 is 3.00 bits per heavy atom. The lowest BCUT2D eigenvalue weighted by Crippen LogP contribution is -2.48. The SMILES string of the molecule is CC(C)(C)OC(=O)N1CCC[C@@H](Nc2nc3c4c(ccc3s2)OCO4)[C@@H](N)C1. The second kappa shape index (κ2) is 7.29. The molecule has 3 N–H and O–H groups in total. The highest BCUT2D eigenvalue weighted by Crippen LogP contribution is 2.41. The number of fused-ring (bicyclic) bond motifs is 3. The summed E-state index contributed by atoms with van der Waals surface area (Å²) in [6, 6.07) is 3.71. The number of nitrogens with two attached hydrogens (primary N) is 1. The number of benzene rings is 1. The number of carbonyl (C=O) groups is 1. The van der Waals surface area contributed by atoms with Crippen LogP contribution in [-0.4, -0.2) is 53.5 Å². The highest BCUT2D eigenvalue weighted by molar-refractivity contribution is 7.22. The van der Waals surface area contributed by atoms with Crippen LogP contribution in [0.5, 0.6) is 11.5 Å². The summed E-state index contributed by atoms with van der Waals surface area (Å²) in [7, 11) is 0. The van der Waals surface area contributed by atoms with Crippen molar-refractivity contribution in [1.29, 1.82) is 0 Å². The van der Waals surface area contributed by atoms with Crippen LogP contribution in [0.15, 0.2) is 12.1 Å². The lowest BCUT2D eigenvalue weighted by molar-refractivity contribution is 0.0249. The zero-order chi connectivity index (χ0) is 19.9. The molecule has 0 spiro atoms. The number of ether oxygens (including phenoxy) is 3. The average Bonchev–Trinajstić information content (AvgIpc) is 3.19. The van der Waals surface area contributed by atoms with Gasteiger partial charge in [0, 0.05) is 25.2 Å². The largest absolute Gasteiger partial charge is 0.454 e. The van der Waals surface area contributed by atoms with Crippen LogP contribution in [0.4, 0.5) is 9.93 Å². The van der Waals surface area contributed by atoms with Gasteiger partial charge in [0.1, 0.15) is 11.1 Å². The molecule has 2 aliphatic heterocycles. The molecular weight excluding hydrogens is 380 g/mol. The molecule has 1 fully saturated rings. The molecule has 8 nitrogen and oxygen atoms in total. The fourth-order valence-electron chi connectivity index (χ4n) is 3.44. The number of thiazole rings is 1. The molecule has 2 aliphatic rings. The van der Waals surface area contributed by atoms with Crippen LogP contribution in [0, 0.1) is 0 Å². The summed E-state index contributed by atoms with van der Waals surface area (Å²) < 4.78 is 17.5. The highest BCUT2D eigenvalue weighted by atomic mass is 32.1. The van der Waals surface area contributed by atoms with E-state index in [1.807, 2.05) is 32.9 Å². The number of likely N-dealkylation sites (tertiary alicyclic amines) is 1. The number of rotatable bonds is 2. The minimum atomic E-state index is -0.516. The molecule has 4 rings (SSSR count). The number of anilines is 1. The number of amides is 1. The first kappa shape index (κ1) is 19.1. The Hall–Kier alpha value is -2.26. The molecule has 1 saturated heterocycles. The normalized spacial score (nSPS) is 22.2. The molecule has 0 saturated carbocycles. The van der Waals surface area contributed by atoms with E-state index in [1.54, 1.807) is 16.2 Å². The fraction of sp³-hybridized carbons (Fsp3) is 0.579. The predicted octanol–water partition coefficient (Wildman–Crippen LogP) is 3.16. The number of hydrogen-bond acceptors (Lipinski definition) is 8. The van der Waals surface area contributed by atoms with E-state index in [2.05, 4.69) is 10.3 Å². The monoisotopic (exact) mass is 406 g/mol. The van der Waals surface area contributed by atoms with Gasteiger partial charge in [-0.05, 0) is 45.7 Å². The third-order valence-electron chi connectivity index (χ3n) is 4.75. The molecule has 9 heteroatoms. The zero-order valence-corrected chi connectivity index (χ0v) is 17.2. The molecule has 28 heavy (non-hydrogen) atoms. The lowest BCUT2D eigenvalue weighted by Gasteiger charge is -2.28. The molecule has 0 bridgehead atoms. The standard InChI is InChI=1S/C19H26N4O4S/c1-19(2,3)27-18(24)23-8-4-5-12(11(20)9-23)21-17-22-15-14(28-17)7-6-13-16(15)26-10-25-13/h6-7,11-12H,4-5,8-10,20H2,1-3H3,(H,21,22)/t11-,12+/m0/s1. The number of nitrogens with one attached hydrogen (secondary N) is 1. The van der Waals surface area contributed by atoms with Crippen molar-refractivity contribution in [3.8, 4) is 11.5 Å². The zero-order valence-electron chi connectivity index (χ0n) is 16.4. The minimum Gasteiger partial charge on any atom is -0.454 e.